The third kappa shape index (κ3) is 2.76. The van der Waals surface area contributed by atoms with Crippen LogP contribution in [-0.4, -0.2) is 36.6 Å². The average Bonchev–Trinajstić information content (AvgIpc) is 3.08. The van der Waals surface area contributed by atoms with Gasteiger partial charge in [-0.3, -0.25) is 0 Å². The summed E-state index contributed by atoms with van der Waals surface area (Å²) in [5, 5.41) is 12.8. The molecular weight excluding hydrogens is 266 g/mol. The smallest absolute Gasteiger partial charge is 0.175 e. The lowest BCUT2D eigenvalue weighted by atomic mass is 10.4. The van der Waals surface area contributed by atoms with Gasteiger partial charge in [0.25, 0.3) is 0 Å². The minimum Gasteiger partial charge on any atom is -0.351 e. The van der Waals surface area contributed by atoms with Crippen LogP contribution in [0.1, 0.15) is 11.5 Å². The zero-order valence-electron chi connectivity index (χ0n) is 12.3. The van der Waals surface area contributed by atoms with E-state index < -0.39 is 0 Å². The molecule has 3 heterocycles. The van der Waals surface area contributed by atoms with Crippen LogP contribution in [0.4, 0.5) is 5.82 Å². The van der Waals surface area contributed by atoms with E-state index >= 15 is 0 Å². The maximum atomic E-state index is 4.32. The number of aryl methyl sites for hydroxylation is 2. The van der Waals surface area contributed by atoms with Gasteiger partial charge < -0.3 is 9.47 Å². The highest BCUT2D eigenvalue weighted by Gasteiger charge is 2.08. The Hall–Kier alpha value is -2.70. The molecule has 0 spiro atoms. The number of aromatic nitrogens is 6. The first-order valence-corrected chi connectivity index (χ1v) is 6.67. The Bertz CT molecular complexity index is 726. The fourth-order valence-corrected chi connectivity index (χ4v) is 2.03. The highest BCUT2D eigenvalue weighted by molar-refractivity contribution is 5.38. The molecule has 7 heteroatoms. The van der Waals surface area contributed by atoms with Gasteiger partial charge in [0.1, 0.15) is 5.82 Å². The molecule has 0 aromatic carbocycles. The van der Waals surface area contributed by atoms with E-state index in [4.69, 9.17) is 0 Å². The van der Waals surface area contributed by atoms with Crippen LogP contribution < -0.4 is 4.90 Å². The van der Waals surface area contributed by atoms with Gasteiger partial charge in [-0.15, -0.1) is 10.2 Å². The lowest BCUT2D eigenvalue weighted by Gasteiger charge is -2.17. The van der Waals surface area contributed by atoms with Crippen molar-refractivity contribution in [1.82, 2.24) is 29.5 Å². The van der Waals surface area contributed by atoms with Crippen molar-refractivity contribution in [3.05, 3.63) is 48.3 Å². The topological polar surface area (TPSA) is 64.7 Å². The summed E-state index contributed by atoms with van der Waals surface area (Å²) in [4.78, 5) is 6.32. The van der Waals surface area contributed by atoms with Crippen LogP contribution in [0.2, 0.25) is 0 Å². The molecule has 108 valence electrons. The van der Waals surface area contributed by atoms with Crippen LogP contribution in [0.15, 0.2) is 36.8 Å². The van der Waals surface area contributed by atoms with E-state index in [0.717, 1.165) is 17.3 Å². The zero-order chi connectivity index (χ0) is 14.8. The Morgan fingerprint density at radius 1 is 1.14 bits per heavy atom. The Kier molecular flexibility index (Phi) is 3.39. The van der Waals surface area contributed by atoms with Crippen molar-refractivity contribution in [1.29, 1.82) is 0 Å². The molecule has 3 aromatic heterocycles. The lowest BCUT2D eigenvalue weighted by Crippen LogP contribution is -2.20. The molecule has 0 bridgehead atoms. The molecule has 0 aliphatic carbocycles. The molecule has 7 nitrogen and oxygen atoms in total. The lowest BCUT2D eigenvalue weighted by molar-refractivity contribution is 0.742. The summed E-state index contributed by atoms with van der Waals surface area (Å²) in [7, 11) is 3.95. The van der Waals surface area contributed by atoms with Gasteiger partial charge in [-0.1, -0.05) is 0 Å². The van der Waals surface area contributed by atoms with Crippen molar-refractivity contribution < 1.29 is 0 Å². The first-order valence-electron chi connectivity index (χ1n) is 6.67. The average molecular weight is 283 g/mol. The molecule has 3 aromatic rings. The Balaban J connectivity index is 1.76. The molecule has 0 radical (unpaired) electrons. The monoisotopic (exact) mass is 283 g/mol. The standard InChI is InChI=1S/C14H17N7/c1-11-6-8-21(18-11)13-5-4-12(16-17-13)20(3)10-14-15-7-9-19(14)2/h4-9H,10H2,1-3H3. The second-order valence-electron chi connectivity index (χ2n) is 4.96. The molecule has 0 aliphatic heterocycles. The summed E-state index contributed by atoms with van der Waals surface area (Å²) in [5.74, 6) is 2.48. The number of nitrogens with zero attached hydrogens (tertiary/aromatic N) is 7. The maximum absolute atomic E-state index is 4.32. The van der Waals surface area contributed by atoms with Crippen molar-refractivity contribution in [3.8, 4) is 5.82 Å². The molecule has 0 unspecified atom stereocenters. The van der Waals surface area contributed by atoms with Crippen molar-refractivity contribution in [2.45, 2.75) is 13.5 Å². The van der Waals surface area contributed by atoms with Gasteiger partial charge >= 0.3 is 0 Å². The van der Waals surface area contributed by atoms with E-state index in [0.29, 0.717) is 12.4 Å². The summed E-state index contributed by atoms with van der Waals surface area (Å²) < 4.78 is 3.70. The summed E-state index contributed by atoms with van der Waals surface area (Å²) in [5.41, 5.74) is 0.952. The molecular formula is C14H17N7. The highest BCUT2D eigenvalue weighted by atomic mass is 15.4. The third-order valence-corrected chi connectivity index (χ3v) is 3.28. The first kappa shape index (κ1) is 13.3. The summed E-state index contributed by atoms with van der Waals surface area (Å²) in [6, 6.07) is 5.77. The molecule has 0 N–H and O–H groups in total. The third-order valence-electron chi connectivity index (χ3n) is 3.28. The maximum Gasteiger partial charge on any atom is 0.175 e. The molecule has 0 atom stereocenters. The summed E-state index contributed by atoms with van der Waals surface area (Å²) >= 11 is 0. The van der Waals surface area contributed by atoms with Gasteiger partial charge in [0.05, 0.1) is 12.2 Å². The number of hydrogen-bond donors (Lipinski definition) is 0. The minimum absolute atomic E-state index is 0.679. The van der Waals surface area contributed by atoms with E-state index in [1.165, 1.54) is 0 Å². The van der Waals surface area contributed by atoms with Gasteiger partial charge in [0.2, 0.25) is 0 Å². The number of imidazole rings is 1. The van der Waals surface area contributed by atoms with Gasteiger partial charge in [-0.05, 0) is 25.1 Å². The number of anilines is 1. The largest absolute Gasteiger partial charge is 0.351 e. The van der Waals surface area contributed by atoms with Gasteiger partial charge in [-0.2, -0.15) is 5.10 Å². The van der Waals surface area contributed by atoms with Crippen molar-refractivity contribution in [2.75, 3.05) is 11.9 Å². The van der Waals surface area contributed by atoms with Crippen LogP contribution in [0, 0.1) is 6.92 Å². The SMILES string of the molecule is Cc1ccn(-c2ccc(N(C)Cc3nccn3C)nn2)n1. The Morgan fingerprint density at radius 2 is 2.00 bits per heavy atom. The Morgan fingerprint density at radius 3 is 2.57 bits per heavy atom. The van der Waals surface area contributed by atoms with Crippen molar-refractivity contribution in [2.24, 2.45) is 7.05 Å². The van der Waals surface area contributed by atoms with Gasteiger partial charge in [0, 0.05) is 32.7 Å². The quantitative estimate of drug-likeness (QED) is 0.723. The second kappa shape index (κ2) is 5.35. The van der Waals surface area contributed by atoms with Crippen molar-refractivity contribution >= 4 is 5.82 Å². The van der Waals surface area contributed by atoms with Gasteiger partial charge in [0.15, 0.2) is 11.6 Å². The fraction of sp³-hybridized carbons (Fsp3) is 0.286. The molecule has 0 fully saturated rings. The van der Waals surface area contributed by atoms with Crippen LogP contribution >= 0.6 is 0 Å². The molecule has 0 saturated carbocycles. The Labute approximate surface area is 122 Å². The molecule has 0 aliphatic rings. The predicted molar refractivity (Wildman–Crippen MR) is 79.2 cm³/mol. The summed E-state index contributed by atoms with van der Waals surface area (Å²) in [6.07, 6.45) is 5.59. The molecule has 3 rings (SSSR count). The molecule has 0 amide bonds. The zero-order valence-corrected chi connectivity index (χ0v) is 12.3. The molecule has 0 saturated heterocycles. The van der Waals surface area contributed by atoms with E-state index in [2.05, 4.69) is 20.3 Å². The van der Waals surface area contributed by atoms with Crippen molar-refractivity contribution in [3.63, 3.8) is 0 Å². The second-order valence-corrected chi connectivity index (χ2v) is 4.96. The highest BCUT2D eigenvalue weighted by Crippen LogP contribution is 2.12. The van der Waals surface area contributed by atoms with Crippen LogP contribution in [0.25, 0.3) is 5.82 Å². The van der Waals surface area contributed by atoms with E-state index in [-0.39, 0.29) is 0 Å². The van der Waals surface area contributed by atoms with Crippen LogP contribution in [0.5, 0.6) is 0 Å². The van der Waals surface area contributed by atoms with E-state index in [1.807, 2.05) is 61.1 Å². The normalized spacial score (nSPS) is 10.8. The van der Waals surface area contributed by atoms with Crippen LogP contribution in [-0.2, 0) is 13.6 Å². The fourth-order valence-electron chi connectivity index (χ4n) is 2.03. The predicted octanol–water partition coefficient (Wildman–Crippen LogP) is 1.34. The number of hydrogen-bond acceptors (Lipinski definition) is 5. The van der Waals surface area contributed by atoms with Crippen LogP contribution in [0.3, 0.4) is 0 Å². The van der Waals surface area contributed by atoms with E-state index in [9.17, 15) is 0 Å². The first-order chi connectivity index (χ1) is 10.1. The van der Waals surface area contributed by atoms with E-state index in [1.54, 1.807) is 10.9 Å². The number of rotatable bonds is 4. The minimum atomic E-state index is 0.679. The summed E-state index contributed by atoms with van der Waals surface area (Å²) in [6.45, 7) is 2.62. The molecule has 21 heavy (non-hydrogen) atoms. The van der Waals surface area contributed by atoms with Gasteiger partial charge in [-0.25, -0.2) is 9.67 Å².